The van der Waals surface area contributed by atoms with Gasteiger partial charge in [-0.05, 0) is 61.1 Å². The van der Waals surface area contributed by atoms with Gasteiger partial charge >= 0.3 is 0 Å². The van der Waals surface area contributed by atoms with E-state index in [0.717, 1.165) is 24.2 Å². The minimum absolute atomic E-state index is 0.0286. The molecule has 2 N–H and O–H groups in total. The Balaban J connectivity index is 1.50. The van der Waals surface area contributed by atoms with Crippen molar-refractivity contribution >= 4 is 11.7 Å². The van der Waals surface area contributed by atoms with Crippen LogP contribution in [-0.4, -0.2) is 28.6 Å². The molecule has 10 atom stereocenters. The van der Waals surface area contributed by atoms with Gasteiger partial charge in [0, 0.05) is 30.6 Å². The van der Waals surface area contributed by atoms with E-state index in [0.29, 0.717) is 17.8 Å². The third-order valence-corrected chi connectivity index (χ3v) is 9.34. The minimum atomic E-state index is -1.40. The number of fused-ring (bicyclic) bond motifs is 4. The van der Waals surface area contributed by atoms with Gasteiger partial charge < -0.3 is 15.2 Å². The van der Waals surface area contributed by atoms with Crippen LogP contribution in [0.5, 0.6) is 5.75 Å². The molecule has 34 heavy (non-hydrogen) atoms. The molecular formula is C29H35NO4. The summed E-state index contributed by atoms with van der Waals surface area (Å²) in [5.41, 5.74) is -0.478. The van der Waals surface area contributed by atoms with E-state index >= 15 is 0 Å². The van der Waals surface area contributed by atoms with Crippen LogP contribution in [0.4, 0.5) is 0 Å². The monoisotopic (exact) mass is 461 g/mol. The topological polar surface area (TPSA) is 75.6 Å². The Morgan fingerprint density at radius 1 is 1.12 bits per heavy atom. The van der Waals surface area contributed by atoms with Crippen LogP contribution >= 0.6 is 0 Å². The van der Waals surface area contributed by atoms with Crippen molar-refractivity contribution in [1.29, 1.82) is 0 Å². The third-order valence-electron chi connectivity index (χ3n) is 9.34. The summed E-state index contributed by atoms with van der Waals surface area (Å²) in [5.74, 6) is 1.15. The van der Waals surface area contributed by atoms with E-state index in [1.807, 2.05) is 37.3 Å². The highest BCUT2D eigenvalue weighted by Gasteiger charge is 2.60. The first-order valence-electron chi connectivity index (χ1n) is 13.0. The SMILES string of the molecule is C/C=C\[C@H]1C=C[C@H]2[C@@H]3C[C@H](C)CC[C@H]3[C@@H]3Oc4ccc(cc4)C[C@@]4(O)C[C@H](C(=O)N4)C(=O)[C@@H]1[C@H]23. The minimum Gasteiger partial charge on any atom is -0.490 e. The molecule has 1 saturated heterocycles. The highest BCUT2D eigenvalue weighted by molar-refractivity contribution is 6.04. The lowest BCUT2D eigenvalue weighted by Crippen LogP contribution is -2.45. The number of benzene rings is 1. The Morgan fingerprint density at radius 3 is 2.68 bits per heavy atom. The molecule has 1 amide bonds. The Kier molecular flexibility index (Phi) is 5.25. The first-order chi connectivity index (χ1) is 16.4. The number of nitrogens with one attached hydrogen (secondary N) is 1. The van der Waals surface area contributed by atoms with Crippen molar-refractivity contribution in [3.05, 3.63) is 54.1 Å². The van der Waals surface area contributed by atoms with Crippen molar-refractivity contribution in [2.75, 3.05) is 0 Å². The van der Waals surface area contributed by atoms with Crippen LogP contribution in [0.3, 0.4) is 0 Å². The van der Waals surface area contributed by atoms with E-state index in [9.17, 15) is 14.7 Å². The molecule has 5 nitrogen and oxygen atoms in total. The Bertz CT molecular complexity index is 1040. The van der Waals surface area contributed by atoms with Crippen LogP contribution in [0.25, 0.3) is 0 Å². The molecule has 5 heteroatoms. The smallest absolute Gasteiger partial charge is 0.232 e. The van der Waals surface area contributed by atoms with Crippen LogP contribution in [-0.2, 0) is 16.0 Å². The molecule has 180 valence electrons. The lowest BCUT2D eigenvalue weighted by Gasteiger charge is -2.39. The summed E-state index contributed by atoms with van der Waals surface area (Å²) >= 11 is 0. The number of ether oxygens (including phenoxy) is 1. The second-order valence-corrected chi connectivity index (χ2v) is 11.5. The maximum atomic E-state index is 14.2. The number of hydrogen-bond donors (Lipinski definition) is 2. The third kappa shape index (κ3) is 3.46. The molecule has 0 aromatic heterocycles. The van der Waals surface area contributed by atoms with E-state index in [2.05, 4.69) is 30.5 Å². The van der Waals surface area contributed by atoms with Crippen molar-refractivity contribution in [3.63, 3.8) is 0 Å². The second kappa shape index (κ2) is 8.08. The molecule has 4 bridgehead atoms. The summed E-state index contributed by atoms with van der Waals surface area (Å²) in [4.78, 5) is 27.3. The summed E-state index contributed by atoms with van der Waals surface area (Å²) in [5, 5.41) is 14.0. The van der Waals surface area contributed by atoms with Gasteiger partial charge in [-0.1, -0.05) is 49.8 Å². The van der Waals surface area contributed by atoms with Crippen molar-refractivity contribution in [3.8, 4) is 5.75 Å². The molecule has 3 aliphatic carbocycles. The molecule has 0 spiro atoms. The van der Waals surface area contributed by atoms with Crippen molar-refractivity contribution in [2.45, 2.75) is 57.8 Å². The molecule has 1 aromatic carbocycles. The fraction of sp³-hybridized carbons (Fsp3) is 0.586. The number of hydrogen-bond acceptors (Lipinski definition) is 4. The molecule has 0 unspecified atom stereocenters. The summed E-state index contributed by atoms with van der Waals surface area (Å²) < 4.78 is 6.78. The largest absolute Gasteiger partial charge is 0.490 e. The van der Waals surface area contributed by atoms with E-state index in [-0.39, 0.29) is 54.3 Å². The molecular weight excluding hydrogens is 426 g/mol. The van der Waals surface area contributed by atoms with E-state index in [1.54, 1.807) is 0 Å². The quantitative estimate of drug-likeness (QED) is 0.489. The standard InChI is InChI=1S/C29H35NO4/c1-3-4-18-8-12-20-22-13-16(2)5-11-21(22)27-25(20)24(18)26(31)23-15-29(33,30-28(23)32)14-17-6-9-19(34-27)10-7-17/h3-4,6-10,12,16,18,20-25,27,33H,5,11,13-15H2,1-2H3,(H,30,32)/b4-3-/t16-,18+,20+,21-,22+,23+,24+,25+,27+,29-/m1/s1. The zero-order valence-electron chi connectivity index (χ0n) is 20.0. The number of aliphatic hydroxyl groups is 1. The Hall–Kier alpha value is -2.40. The van der Waals surface area contributed by atoms with Crippen LogP contribution in [0.15, 0.2) is 48.6 Å². The number of carbonyl (C=O) groups excluding carboxylic acids is 2. The van der Waals surface area contributed by atoms with Crippen LogP contribution < -0.4 is 10.1 Å². The lowest BCUT2D eigenvalue weighted by molar-refractivity contribution is -0.137. The fourth-order valence-electron chi connectivity index (χ4n) is 7.94. The van der Waals surface area contributed by atoms with E-state index in [4.69, 9.17) is 4.74 Å². The van der Waals surface area contributed by atoms with Gasteiger partial charge in [0.15, 0.2) is 0 Å². The first kappa shape index (κ1) is 22.1. The number of Topliss-reactive ketones (excluding diaryl/α,β-unsaturated/α-hetero) is 1. The number of carbonyl (C=O) groups is 2. The van der Waals surface area contributed by atoms with E-state index in [1.165, 1.54) is 6.42 Å². The van der Waals surface area contributed by atoms with Gasteiger partial charge in [-0.15, -0.1) is 0 Å². The number of ketones is 1. The number of rotatable bonds is 1. The summed E-state index contributed by atoms with van der Waals surface area (Å²) in [7, 11) is 0. The maximum Gasteiger partial charge on any atom is 0.232 e. The van der Waals surface area contributed by atoms with Gasteiger partial charge in [-0.25, -0.2) is 0 Å². The van der Waals surface area contributed by atoms with E-state index < -0.39 is 11.6 Å². The normalized spacial score (nSPS) is 45.1. The van der Waals surface area contributed by atoms with Gasteiger partial charge in [0.2, 0.25) is 5.91 Å². The fourth-order valence-corrected chi connectivity index (χ4v) is 7.94. The average molecular weight is 462 g/mol. The van der Waals surface area contributed by atoms with Crippen LogP contribution in [0.1, 0.15) is 45.1 Å². The Labute approximate surface area is 201 Å². The van der Waals surface area contributed by atoms with Crippen LogP contribution in [0, 0.1) is 47.3 Å². The molecule has 0 radical (unpaired) electrons. The zero-order chi connectivity index (χ0) is 23.6. The number of amides is 1. The van der Waals surface area contributed by atoms with Crippen molar-refractivity contribution in [1.82, 2.24) is 5.32 Å². The highest BCUT2D eigenvalue weighted by Crippen LogP contribution is 2.58. The van der Waals surface area contributed by atoms with Gasteiger partial charge in [0.25, 0.3) is 0 Å². The van der Waals surface area contributed by atoms with Crippen molar-refractivity contribution in [2.24, 2.45) is 47.3 Å². The molecule has 7 rings (SSSR count). The predicted octanol–water partition coefficient (Wildman–Crippen LogP) is 4.06. The summed E-state index contributed by atoms with van der Waals surface area (Å²) in [6.07, 6.45) is 12.5. The van der Waals surface area contributed by atoms with Crippen LogP contribution in [0.2, 0.25) is 0 Å². The van der Waals surface area contributed by atoms with Crippen molar-refractivity contribution < 1.29 is 19.4 Å². The molecule has 3 heterocycles. The first-order valence-corrected chi connectivity index (χ1v) is 13.0. The van der Waals surface area contributed by atoms with Gasteiger partial charge in [-0.3, -0.25) is 9.59 Å². The predicted molar refractivity (Wildman–Crippen MR) is 129 cm³/mol. The molecule has 2 saturated carbocycles. The second-order valence-electron chi connectivity index (χ2n) is 11.5. The Morgan fingerprint density at radius 2 is 1.91 bits per heavy atom. The van der Waals surface area contributed by atoms with Gasteiger partial charge in [0.1, 0.15) is 29.3 Å². The molecule has 6 aliphatic rings. The summed E-state index contributed by atoms with van der Waals surface area (Å²) in [6, 6.07) is 7.91. The molecule has 3 aliphatic heterocycles. The number of allylic oxidation sites excluding steroid dienone is 4. The molecule has 1 aromatic rings. The molecule has 3 fully saturated rings. The lowest BCUT2D eigenvalue weighted by atomic mass is 9.65. The van der Waals surface area contributed by atoms with Gasteiger partial charge in [-0.2, -0.15) is 0 Å². The highest BCUT2D eigenvalue weighted by atomic mass is 16.5. The summed E-state index contributed by atoms with van der Waals surface area (Å²) in [6.45, 7) is 4.32. The van der Waals surface area contributed by atoms with Gasteiger partial charge in [0.05, 0.1) is 0 Å². The average Bonchev–Trinajstić information content (AvgIpc) is 3.27. The maximum absolute atomic E-state index is 14.2. The zero-order valence-corrected chi connectivity index (χ0v) is 20.0.